The highest BCUT2D eigenvalue weighted by molar-refractivity contribution is 5.90. The lowest BCUT2D eigenvalue weighted by atomic mass is 9.95. The Balaban J connectivity index is 1.63. The number of rotatable bonds is 5. The number of carbonyl (C=O) groups excluding carboxylic acids is 1. The van der Waals surface area contributed by atoms with Crippen LogP contribution in [0.4, 0.5) is 10.5 Å². The molecule has 3 N–H and O–H groups in total. The molecule has 0 fully saturated rings. The largest absolute Gasteiger partial charge is 0.332 e. The van der Waals surface area contributed by atoms with E-state index in [9.17, 15) is 4.79 Å². The van der Waals surface area contributed by atoms with E-state index in [0.717, 1.165) is 36.3 Å². The predicted molar refractivity (Wildman–Crippen MR) is 99.4 cm³/mol. The van der Waals surface area contributed by atoms with Crippen LogP contribution in [0, 0.1) is 0 Å². The van der Waals surface area contributed by atoms with Gasteiger partial charge in [-0.2, -0.15) is 5.10 Å². The first-order valence-corrected chi connectivity index (χ1v) is 8.94. The average Bonchev–Trinajstić information content (AvgIpc) is 3.12. The number of allylic oxidation sites excluding steroid dienone is 1. The number of H-pyrrole nitrogens is 1. The normalized spacial score (nSPS) is 15.4. The second-order valence-electron chi connectivity index (χ2n) is 6.39. The SMILES string of the molecule is CCc1nc(-c2cccc(NC(=O)N[C@H](C)C3=CCCCC3)c2)n[nH]1. The monoisotopic (exact) mass is 339 g/mol. The van der Waals surface area contributed by atoms with E-state index in [1.807, 2.05) is 38.1 Å². The maximum Gasteiger partial charge on any atom is 0.319 e. The van der Waals surface area contributed by atoms with Crippen LogP contribution in [0.15, 0.2) is 35.9 Å². The van der Waals surface area contributed by atoms with Crippen molar-refractivity contribution < 1.29 is 4.79 Å². The molecule has 25 heavy (non-hydrogen) atoms. The number of carbonyl (C=O) groups is 1. The molecule has 6 heteroatoms. The van der Waals surface area contributed by atoms with Gasteiger partial charge in [-0.3, -0.25) is 5.10 Å². The number of nitrogens with one attached hydrogen (secondary N) is 3. The van der Waals surface area contributed by atoms with E-state index in [0.29, 0.717) is 5.82 Å². The van der Waals surface area contributed by atoms with Crippen LogP contribution in [0.2, 0.25) is 0 Å². The second-order valence-corrected chi connectivity index (χ2v) is 6.39. The van der Waals surface area contributed by atoms with Gasteiger partial charge < -0.3 is 10.6 Å². The second kappa shape index (κ2) is 7.96. The number of aromatic amines is 1. The zero-order valence-electron chi connectivity index (χ0n) is 14.8. The van der Waals surface area contributed by atoms with Crippen LogP contribution in [0.1, 0.15) is 45.4 Å². The minimum absolute atomic E-state index is 0.0589. The molecule has 1 aromatic carbocycles. The van der Waals surface area contributed by atoms with Crippen LogP contribution >= 0.6 is 0 Å². The van der Waals surface area contributed by atoms with Crippen molar-refractivity contribution in [2.45, 2.75) is 52.0 Å². The first kappa shape index (κ1) is 17.2. The summed E-state index contributed by atoms with van der Waals surface area (Å²) in [5, 5.41) is 13.0. The molecule has 0 saturated heterocycles. The zero-order valence-corrected chi connectivity index (χ0v) is 14.8. The van der Waals surface area contributed by atoms with E-state index in [4.69, 9.17) is 0 Å². The molecule has 1 atom stereocenters. The van der Waals surface area contributed by atoms with E-state index in [-0.39, 0.29) is 12.1 Å². The van der Waals surface area contributed by atoms with Crippen molar-refractivity contribution in [1.29, 1.82) is 0 Å². The molecular weight excluding hydrogens is 314 g/mol. The Labute approximate surface area is 148 Å². The maximum absolute atomic E-state index is 12.3. The molecule has 1 aliphatic rings. The van der Waals surface area contributed by atoms with Gasteiger partial charge in [0.15, 0.2) is 5.82 Å². The van der Waals surface area contributed by atoms with Crippen LogP contribution in [-0.4, -0.2) is 27.3 Å². The van der Waals surface area contributed by atoms with Crippen molar-refractivity contribution in [3.05, 3.63) is 41.7 Å². The van der Waals surface area contributed by atoms with E-state index >= 15 is 0 Å². The third-order valence-electron chi connectivity index (χ3n) is 4.48. The number of nitrogens with zero attached hydrogens (tertiary/aromatic N) is 2. The third kappa shape index (κ3) is 4.47. The minimum atomic E-state index is -0.194. The summed E-state index contributed by atoms with van der Waals surface area (Å²) < 4.78 is 0. The molecule has 0 radical (unpaired) electrons. The van der Waals surface area contributed by atoms with Crippen LogP contribution < -0.4 is 10.6 Å². The van der Waals surface area contributed by atoms with Crippen molar-refractivity contribution in [3.8, 4) is 11.4 Å². The summed E-state index contributed by atoms with van der Waals surface area (Å²) in [5.41, 5.74) is 2.92. The number of urea groups is 1. The smallest absolute Gasteiger partial charge is 0.319 e. The number of benzene rings is 1. The fraction of sp³-hybridized carbons (Fsp3) is 0.421. The van der Waals surface area contributed by atoms with Gasteiger partial charge in [0.25, 0.3) is 0 Å². The van der Waals surface area contributed by atoms with Crippen molar-refractivity contribution >= 4 is 11.7 Å². The predicted octanol–water partition coefficient (Wildman–Crippen LogP) is 4.04. The quantitative estimate of drug-likeness (QED) is 0.719. The standard InChI is InChI=1S/C19H25N5O/c1-3-17-22-18(24-23-17)15-10-7-11-16(12-15)21-19(25)20-13(2)14-8-5-4-6-9-14/h7-8,10-13H,3-6,9H2,1-2H3,(H2,20,21,25)(H,22,23,24)/t13-/m1/s1. The lowest BCUT2D eigenvalue weighted by Crippen LogP contribution is -2.37. The van der Waals surface area contributed by atoms with Gasteiger partial charge in [0.05, 0.1) is 0 Å². The van der Waals surface area contributed by atoms with Crippen molar-refractivity contribution in [2.75, 3.05) is 5.32 Å². The fourth-order valence-corrected chi connectivity index (χ4v) is 3.03. The number of anilines is 1. The van der Waals surface area contributed by atoms with Gasteiger partial charge in [0.1, 0.15) is 5.82 Å². The summed E-state index contributed by atoms with van der Waals surface area (Å²) >= 11 is 0. The Hall–Kier alpha value is -2.63. The van der Waals surface area contributed by atoms with E-state index < -0.39 is 0 Å². The Morgan fingerprint density at radius 2 is 2.24 bits per heavy atom. The van der Waals surface area contributed by atoms with Gasteiger partial charge in [-0.05, 0) is 44.7 Å². The number of aryl methyl sites for hydroxylation is 1. The first-order valence-electron chi connectivity index (χ1n) is 8.94. The number of hydrogen-bond acceptors (Lipinski definition) is 3. The summed E-state index contributed by atoms with van der Waals surface area (Å²) in [6, 6.07) is 7.43. The Morgan fingerprint density at radius 3 is 2.96 bits per heavy atom. The summed E-state index contributed by atoms with van der Waals surface area (Å²) in [6.45, 7) is 4.06. The highest BCUT2D eigenvalue weighted by atomic mass is 16.2. The van der Waals surface area contributed by atoms with Crippen molar-refractivity contribution in [3.63, 3.8) is 0 Å². The molecule has 0 unspecified atom stereocenters. The molecule has 2 amide bonds. The zero-order chi connectivity index (χ0) is 17.6. The maximum atomic E-state index is 12.3. The highest BCUT2D eigenvalue weighted by Crippen LogP contribution is 2.21. The Bertz CT molecular complexity index is 765. The Morgan fingerprint density at radius 1 is 1.36 bits per heavy atom. The summed E-state index contributed by atoms with van der Waals surface area (Å²) in [7, 11) is 0. The van der Waals surface area contributed by atoms with Gasteiger partial charge in [-0.25, -0.2) is 9.78 Å². The van der Waals surface area contributed by atoms with Crippen LogP contribution in [0.25, 0.3) is 11.4 Å². The van der Waals surface area contributed by atoms with Crippen LogP contribution in [-0.2, 0) is 6.42 Å². The van der Waals surface area contributed by atoms with E-state index in [1.54, 1.807) is 0 Å². The number of amides is 2. The highest BCUT2D eigenvalue weighted by Gasteiger charge is 2.14. The molecular formula is C19H25N5O. The van der Waals surface area contributed by atoms with E-state index in [2.05, 4.69) is 31.9 Å². The molecule has 0 bridgehead atoms. The summed E-state index contributed by atoms with van der Waals surface area (Å²) in [4.78, 5) is 16.7. The molecule has 1 aliphatic carbocycles. The first-order chi connectivity index (χ1) is 12.2. The van der Waals surface area contributed by atoms with Crippen LogP contribution in [0.5, 0.6) is 0 Å². The molecule has 132 valence electrons. The Kier molecular flexibility index (Phi) is 5.48. The van der Waals surface area contributed by atoms with Gasteiger partial charge in [0, 0.05) is 23.7 Å². The van der Waals surface area contributed by atoms with E-state index in [1.165, 1.54) is 18.4 Å². The average molecular weight is 339 g/mol. The fourth-order valence-electron chi connectivity index (χ4n) is 3.03. The van der Waals surface area contributed by atoms with Gasteiger partial charge >= 0.3 is 6.03 Å². The molecule has 1 aromatic heterocycles. The van der Waals surface area contributed by atoms with Crippen LogP contribution in [0.3, 0.4) is 0 Å². The lowest BCUT2D eigenvalue weighted by Gasteiger charge is -2.21. The number of hydrogen-bond donors (Lipinski definition) is 3. The molecule has 0 saturated carbocycles. The topological polar surface area (TPSA) is 82.7 Å². The van der Waals surface area contributed by atoms with Gasteiger partial charge in [-0.15, -0.1) is 0 Å². The molecule has 2 aromatic rings. The molecule has 3 rings (SSSR count). The van der Waals surface area contributed by atoms with Crippen molar-refractivity contribution in [2.24, 2.45) is 0 Å². The molecule has 1 heterocycles. The molecule has 6 nitrogen and oxygen atoms in total. The molecule has 0 aliphatic heterocycles. The van der Waals surface area contributed by atoms with Gasteiger partial charge in [-0.1, -0.05) is 30.7 Å². The van der Waals surface area contributed by atoms with Crippen molar-refractivity contribution in [1.82, 2.24) is 20.5 Å². The number of aromatic nitrogens is 3. The van der Waals surface area contributed by atoms with Gasteiger partial charge in [0.2, 0.25) is 0 Å². The lowest BCUT2D eigenvalue weighted by molar-refractivity contribution is 0.250. The molecule has 0 spiro atoms. The minimum Gasteiger partial charge on any atom is -0.332 e. The summed E-state index contributed by atoms with van der Waals surface area (Å²) in [6.07, 6.45) is 7.70. The third-order valence-corrected chi connectivity index (χ3v) is 4.48. The summed E-state index contributed by atoms with van der Waals surface area (Å²) in [5.74, 6) is 1.49.